The number of benzene rings is 1. The van der Waals surface area contributed by atoms with Crippen LogP contribution in [0, 0.1) is 5.82 Å². The van der Waals surface area contributed by atoms with Gasteiger partial charge in [-0.2, -0.15) is 0 Å². The molecule has 2 aromatic rings. The number of ether oxygens (including phenoxy) is 1. The highest BCUT2D eigenvalue weighted by molar-refractivity contribution is 5.91. The van der Waals surface area contributed by atoms with Crippen LogP contribution >= 0.6 is 0 Å². The predicted molar refractivity (Wildman–Crippen MR) is 82.6 cm³/mol. The molecule has 122 valence electrons. The zero-order valence-electron chi connectivity index (χ0n) is 12.7. The zero-order valence-corrected chi connectivity index (χ0v) is 12.7. The van der Waals surface area contributed by atoms with Gasteiger partial charge in [0.1, 0.15) is 5.82 Å². The van der Waals surface area contributed by atoms with Crippen LogP contribution in [-0.4, -0.2) is 43.7 Å². The Morgan fingerprint density at radius 1 is 1.22 bits per heavy atom. The fraction of sp³-hybridized carbons (Fsp3) is 0.353. The van der Waals surface area contributed by atoms with E-state index in [1.165, 1.54) is 18.4 Å². The Hall–Kier alpha value is -2.18. The highest BCUT2D eigenvalue weighted by Gasteiger charge is 2.23. The van der Waals surface area contributed by atoms with E-state index in [-0.39, 0.29) is 23.5 Å². The Morgan fingerprint density at radius 3 is 2.61 bits per heavy atom. The summed E-state index contributed by atoms with van der Waals surface area (Å²) in [6, 6.07) is 9.67. The fourth-order valence-corrected chi connectivity index (χ4v) is 2.72. The van der Waals surface area contributed by atoms with Crippen molar-refractivity contribution in [1.82, 2.24) is 10.2 Å². The molecule has 0 saturated carbocycles. The number of hydrogen-bond donors (Lipinski definition) is 1. The first-order valence-electron chi connectivity index (χ1n) is 7.63. The number of carbonyl (C=O) groups excluding carboxylic acids is 1. The van der Waals surface area contributed by atoms with Crippen molar-refractivity contribution in [3.05, 3.63) is 59.8 Å². The molecule has 1 atom stereocenters. The number of halogens is 1. The van der Waals surface area contributed by atoms with Gasteiger partial charge in [-0.15, -0.1) is 0 Å². The van der Waals surface area contributed by atoms with Gasteiger partial charge in [0.25, 0.3) is 5.91 Å². The van der Waals surface area contributed by atoms with Gasteiger partial charge in [-0.05, 0) is 29.8 Å². The normalized spacial score (nSPS) is 16.9. The number of morpholine rings is 1. The van der Waals surface area contributed by atoms with Crippen LogP contribution in [0.3, 0.4) is 0 Å². The summed E-state index contributed by atoms with van der Waals surface area (Å²) in [6.45, 7) is 3.29. The summed E-state index contributed by atoms with van der Waals surface area (Å²) in [5.74, 6) is -0.241. The molecule has 1 N–H and O–H groups in total. The number of nitrogens with one attached hydrogen (secondary N) is 1. The third kappa shape index (κ3) is 3.97. The smallest absolute Gasteiger partial charge is 0.287 e. The molecule has 1 aromatic heterocycles. The van der Waals surface area contributed by atoms with Crippen molar-refractivity contribution in [2.75, 3.05) is 32.8 Å². The van der Waals surface area contributed by atoms with Crippen LogP contribution in [0.25, 0.3) is 0 Å². The van der Waals surface area contributed by atoms with Crippen LogP contribution in [0.2, 0.25) is 0 Å². The largest absolute Gasteiger partial charge is 0.459 e. The van der Waals surface area contributed by atoms with Gasteiger partial charge in [0.2, 0.25) is 0 Å². The minimum Gasteiger partial charge on any atom is -0.459 e. The minimum absolute atomic E-state index is 0.0292. The van der Waals surface area contributed by atoms with Crippen LogP contribution < -0.4 is 5.32 Å². The van der Waals surface area contributed by atoms with E-state index in [1.807, 2.05) is 0 Å². The number of furan rings is 1. The molecule has 0 aliphatic carbocycles. The molecule has 0 bridgehead atoms. The third-order valence-electron chi connectivity index (χ3n) is 3.94. The lowest BCUT2D eigenvalue weighted by Gasteiger charge is -2.34. The average molecular weight is 318 g/mol. The van der Waals surface area contributed by atoms with Gasteiger partial charge in [-0.25, -0.2) is 4.39 Å². The summed E-state index contributed by atoms with van der Waals surface area (Å²) >= 11 is 0. The van der Waals surface area contributed by atoms with Gasteiger partial charge >= 0.3 is 0 Å². The summed E-state index contributed by atoms with van der Waals surface area (Å²) in [6.07, 6.45) is 1.47. The lowest BCUT2D eigenvalue weighted by molar-refractivity contribution is 0.0161. The van der Waals surface area contributed by atoms with E-state index in [9.17, 15) is 9.18 Å². The van der Waals surface area contributed by atoms with Crippen LogP contribution in [0.15, 0.2) is 47.1 Å². The van der Waals surface area contributed by atoms with Crippen molar-refractivity contribution in [2.45, 2.75) is 6.04 Å². The summed E-state index contributed by atoms with van der Waals surface area (Å²) in [5.41, 5.74) is 0.966. The predicted octanol–water partition coefficient (Wildman–Crippen LogP) is 2.22. The summed E-state index contributed by atoms with van der Waals surface area (Å²) < 4.78 is 23.7. The van der Waals surface area contributed by atoms with Gasteiger partial charge < -0.3 is 14.5 Å². The number of hydrogen-bond acceptors (Lipinski definition) is 4. The van der Waals surface area contributed by atoms with Gasteiger partial charge in [0.05, 0.1) is 25.5 Å². The van der Waals surface area contributed by atoms with E-state index in [0.29, 0.717) is 19.8 Å². The van der Waals surface area contributed by atoms with Crippen LogP contribution in [0.1, 0.15) is 22.2 Å². The highest BCUT2D eigenvalue weighted by Crippen LogP contribution is 2.21. The first-order valence-corrected chi connectivity index (χ1v) is 7.63. The van der Waals surface area contributed by atoms with E-state index in [0.717, 1.165) is 18.7 Å². The van der Waals surface area contributed by atoms with Crippen LogP contribution in [0.4, 0.5) is 4.39 Å². The summed E-state index contributed by atoms with van der Waals surface area (Å²) in [4.78, 5) is 14.3. The number of amides is 1. The van der Waals surface area contributed by atoms with Crippen molar-refractivity contribution >= 4 is 5.91 Å². The van der Waals surface area contributed by atoms with Gasteiger partial charge in [0, 0.05) is 19.6 Å². The molecule has 1 aliphatic heterocycles. The average Bonchev–Trinajstić information content (AvgIpc) is 3.12. The molecule has 6 heteroatoms. The Labute approximate surface area is 134 Å². The molecule has 3 rings (SSSR count). The SMILES string of the molecule is O=C(NC[C@@H](c1ccc(F)cc1)N1CCOCC1)c1ccco1. The van der Waals surface area contributed by atoms with Crippen LogP contribution in [0.5, 0.6) is 0 Å². The molecule has 1 amide bonds. The van der Waals surface area contributed by atoms with Gasteiger partial charge in [-0.3, -0.25) is 9.69 Å². The molecule has 0 radical (unpaired) electrons. The molecular weight excluding hydrogens is 299 g/mol. The maximum Gasteiger partial charge on any atom is 0.287 e. The third-order valence-corrected chi connectivity index (χ3v) is 3.94. The molecule has 5 nitrogen and oxygen atoms in total. The molecule has 23 heavy (non-hydrogen) atoms. The minimum atomic E-state index is -0.269. The second-order valence-electron chi connectivity index (χ2n) is 5.40. The van der Waals surface area contributed by atoms with Crippen LogP contribution in [-0.2, 0) is 4.74 Å². The Morgan fingerprint density at radius 2 is 1.96 bits per heavy atom. The van der Waals surface area contributed by atoms with Crippen molar-refractivity contribution in [3.8, 4) is 0 Å². The van der Waals surface area contributed by atoms with Gasteiger partial charge in [0.15, 0.2) is 5.76 Å². The van der Waals surface area contributed by atoms with Gasteiger partial charge in [-0.1, -0.05) is 12.1 Å². The molecular formula is C17H19FN2O3. The fourth-order valence-electron chi connectivity index (χ4n) is 2.72. The quantitative estimate of drug-likeness (QED) is 0.918. The molecule has 1 aliphatic rings. The zero-order chi connectivity index (χ0) is 16.1. The molecule has 1 fully saturated rings. The number of rotatable bonds is 5. The Kier molecular flexibility index (Phi) is 5.05. The van der Waals surface area contributed by atoms with Crippen molar-refractivity contribution in [2.24, 2.45) is 0 Å². The molecule has 0 unspecified atom stereocenters. The lowest BCUT2D eigenvalue weighted by Crippen LogP contribution is -2.43. The van der Waals surface area contributed by atoms with E-state index < -0.39 is 0 Å². The molecule has 1 saturated heterocycles. The monoisotopic (exact) mass is 318 g/mol. The lowest BCUT2D eigenvalue weighted by atomic mass is 10.0. The summed E-state index contributed by atoms with van der Waals surface area (Å²) in [7, 11) is 0. The molecule has 2 heterocycles. The number of carbonyl (C=O) groups is 1. The first kappa shape index (κ1) is 15.7. The van der Waals surface area contributed by atoms with E-state index in [1.54, 1.807) is 24.3 Å². The van der Waals surface area contributed by atoms with Crippen molar-refractivity contribution in [3.63, 3.8) is 0 Å². The number of nitrogens with zero attached hydrogens (tertiary/aromatic N) is 1. The second kappa shape index (κ2) is 7.39. The maximum absolute atomic E-state index is 13.2. The van der Waals surface area contributed by atoms with E-state index in [2.05, 4.69) is 10.2 Å². The molecule has 0 spiro atoms. The standard InChI is InChI=1S/C17H19FN2O3/c18-14-5-3-13(4-6-14)15(20-7-10-22-11-8-20)12-19-17(21)16-2-1-9-23-16/h1-6,9,15H,7-8,10-12H2,(H,19,21)/t15-/m0/s1. The maximum atomic E-state index is 13.2. The van der Waals surface area contributed by atoms with E-state index >= 15 is 0 Å². The Balaban J connectivity index is 1.72. The van der Waals surface area contributed by atoms with E-state index in [4.69, 9.17) is 9.15 Å². The second-order valence-corrected chi connectivity index (χ2v) is 5.40. The summed E-state index contributed by atoms with van der Waals surface area (Å²) in [5, 5.41) is 2.89. The Bertz CT molecular complexity index is 622. The van der Waals surface area contributed by atoms with Crippen molar-refractivity contribution < 1.29 is 18.3 Å². The van der Waals surface area contributed by atoms with Crippen molar-refractivity contribution in [1.29, 1.82) is 0 Å². The first-order chi connectivity index (χ1) is 11.2. The molecule has 1 aromatic carbocycles. The highest BCUT2D eigenvalue weighted by atomic mass is 19.1. The topological polar surface area (TPSA) is 54.7 Å².